The maximum atomic E-state index is 12.5. The number of hydrogen-bond acceptors (Lipinski definition) is 4. The van der Waals surface area contributed by atoms with Crippen LogP contribution in [0.1, 0.15) is 54.9 Å². The van der Waals surface area contributed by atoms with E-state index in [0.717, 1.165) is 0 Å². The van der Waals surface area contributed by atoms with Crippen molar-refractivity contribution in [3.05, 3.63) is 0 Å². The molecular weight excluding hydrogens is 312 g/mol. The van der Waals surface area contributed by atoms with Crippen LogP contribution in [0.25, 0.3) is 0 Å². The maximum Gasteiger partial charge on any atom is 0.345 e. The lowest BCUT2D eigenvalue weighted by molar-refractivity contribution is -0.174. The Bertz CT molecular complexity index is 412. The monoisotopic (exact) mass is 346 g/mol. The van der Waals surface area contributed by atoms with E-state index in [1.54, 1.807) is 6.92 Å². The van der Waals surface area contributed by atoms with E-state index in [9.17, 15) is 14.7 Å². The summed E-state index contributed by atoms with van der Waals surface area (Å²) in [7, 11) is -2.16. The Labute approximate surface area is 141 Å². The molecule has 1 N–H and O–H groups in total. The lowest BCUT2D eigenvalue weighted by Crippen LogP contribution is -2.49. The van der Waals surface area contributed by atoms with Crippen LogP contribution >= 0.6 is 0 Å². The molecule has 0 radical (unpaired) electrons. The average molecular weight is 347 g/mol. The van der Waals surface area contributed by atoms with Crippen LogP contribution in [0.15, 0.2) is 0 Å². The van der Waals surface area contributed by atoms with E-state index in [1.165, 1.54) is 0 Å². The molecule has 3 atom stereocenters. The number of carbonyl (C=O) groups excluding carboxylic acids is 1. The fourth-order valence-electron chi connectivity index (χ4n) is 1.77. The van der Waals surface area contributed by atoms with Crippen molar-refractivity contribution in [3.8, 4) is 0 Å². The molecule has 0 aliphatic heterocycles. The number of esters is 1. The molecule has 0 aromatic heterocycles. The van der Waals surface area contributed by atoms with Gasteiger partial charge in [-0.25, -0.2) is 9.59 Å². The Hall–Kier alpha value is -0.883. The number of aliphatic carboxylic acids is 1. The minimum atomic E-state index is -2.16. The predicted molar refractivity (Wildman–Crippen MR) is 93.9 cm³/mol. The third kappa shape index (κ3) is 6.26. The van der Waals surface area contributed by atoms with E-state index >= 15 is 0 Å². The molecule has 6 heteroatoms. The van der Waals surface area contributed by atoms with E-state index in [0.29, 0.717) is 6.42 Å². The normalized spacial score (nSPS) is 16.8. The summed E-state index contributed by atoms with van der Waals surface area (Å²) in [6.45, 7) is 17.9. The number of carboxylic acid groups (broad SMARTS) is 1. The van der Waals surface area contributed by atoms with Gasteiger partial charge in [-0.2, -0.15) is 0 Å². The number of rotatable bonds is 8. The van der Waals surface area contributed by atoms with E-state index in [4.69, 9.17) is 9.16 Å². The van der Waals surface area contributed by atoms with Crippen LogP contribution in [-0.2, 0) is 18.8 Å². The Morgan fingerprint density at radius 1 is 1.09 bits per heavy atom. The SMILES string of the molecule is CC[C@H](C)[C@@H](OC(=O)[C@@H](O[Si](C)(C)C(C)(C)C)C(C)C)C(=O)O. The first-order valence-electron chi connectivity index (χ1n) is 8.35. The summed E-state index contributed by atoms with van der Waals surface area (Å²) in [5.41, 5.74) is 0. The highest BCUT2D eigenvalue weighted by Crippen LogP contribution is 2.38. The quantitative estimate of drug-likeness (QED) is 0.529. The highest BCUT2D eigenvalue weighted by Gasteiger charge is 2.43. The minimum absolute atomic E-state index is 0.0384. The molecule has 0 bridgehead atoms. The molecule has 5 nitrogen and oxygen atoms in total. The van der Waals surface area contributed by atoms with Gasteiger partial charge in [0.1, 0.15) is 6.10 Å². The predicted octanol–water partition coefficient (Wildman–Crippen LogP) is 4.08. The average Bonchev–Trinajstić information content (AvgIpc) is 2.39. The Kier molecular flexibility index (Phi) is 7.97. The van der Waals surface area contributed by atoms with Crippen LogP contribution < -0.4 is 0 Å². The zero-order valence-corrected chi connectivity index (χ0v) is 17.1. The molecule has 0 amide bonds. The molecule has 0 aromatic rings. The number of carbonyl (C=O) groups is 2. The van der Waals surface area contributed by atoms with Gasteiger partial charge in [0.25, 0.3) is 0 Å². The second-order valence-corrected chi connectivity index (χ2v) is 12.9. The van der Waals surface area contributed by atoms with Gasteiger partial charge in [0.15, 0.2) is 8.32 Å². The molecule has 23 heavy (non-hydrogen) atoms. The fraction of sp³-hybridized carbons (Fsp3) is 0.882. The molecule has 0 aliphatic rings. The van der Waals surface area contributed by atoms with Crippen LogP contribution in [0.2, 0.25) is 18.1 Å². The van der Waals surface area contributed by atoms with E-state index in [1.807, 2.05) is 20.8 Å². The molecule has 0 rings (SSSR count). The molecular formula is C17H34O5Si. The van der Waals surface area contributed by atoms with Gasteiger partial charge in [0, 0.05) is 5.92 Å². The molecule has 0 unspecified atom stereocenters. The Morgan fingerprint density at radius 2 is 1.57 bits per heavy atom. The van der Waals surface area contributed by atoms with Crippen molar-refractivity contribution in [1.29, 1.82) is 0 Å². The highest BCUT2D eigenvalue weighted by atomic mass is 28.4. The third-order valence-electron chi connectivity index (χ3n) is 4.71. The number of carboxylic acids is 1. The second-order valence-electron chi connectivity index (χ2n) is 8.12. The molecule has 0 spiro atoms. The van der Waals surface area contributed by atoms with Gasteiger partial charge in [-0.15, -0.1) is 0 Å². The summed E-state index contributed by atoms with van der Waals surface area (Å²) in [6, 6.07) is 0. The van der Waals surface area contributed by atoms with Gasteiger partial charge in [-0.1, -0.05) is 48.5 Å². The van der Waals surface area contributed by atoms with Crippen molar-refractivity contribution in [3.63, 3.8) is 0 Å². The standard InChI is InChI=1S/C17H34O5Si/c1-10-12(4)14(15(18)19)21-16(20)13(11(2)3)22-23(8,9)17(5,6)7/h11-14H,10H2,1-9H3,(H,18,19)/t12-,13-,14+/m0/s1. The first-order chi connectivity index (χ1) is 10.2. The van der Waals surface area contributed by atoms with Crippen LogP contribution in [0, 0.1) is 11.8 Å². The van der Waals surface area contributed by atoms with Crippen molar-refractivity contribution in [1.82, 2.24) is 0 Å². The molecule has 0 saturated carbocycles. The Balaban J connectivity index is 5.25. The van der Waals surface area contributed by atoms with Crippen molar-refractivity contribution >= 4 is 20.3 Å². The van der Waals surface area contributed by atoms with E-state index < -0.39 is 32.5 Å². The first-order valence-corrected chi connectivity index (χ1v) is 11.3. The highest BCUT2D eigenvalue weighted by molar-refractivity contribution is 6.74. The maximum absolute atomic E-state index is 12.5. The Morgan fingerprint density at radius 3 is 1.87 bits per heavy atom. The lowest BCUT2D eigenvalue weighted by Gasteiger charge is -2.39. The van der Waals surface area contributed by atoms with Gasteiger partial charge in [-0.05, 0) is 30.5 Å². The smallest absolute Gasteiger partial charge is 0.345 e. The molecule has 0 aliphatic carbocycles. The van der Waals surface area contributed by atoms with E-state index in [-0.39, 0.29) is 16.9 Å². The summed E-state index contributed by atoms with van der Waals surface area (Å²) in [4.78, 5) is 23.9. The van der Waals surface area contributed by atoms with Gasteiger partial charge >= 0.3 is 11.9 Å². The van der Waals surface area contributed by atoms with Crippen LogP contribution in [-0.4, -0.2) is 37.6 Å². The van der Waals surface area contributed by atoms with Crippen LogP contribution in [0.5, 0.6) is 0 Å². The summed E-state index contributed by atoms with van der Waals surface area (Å²) < 4.78 is 11.5. The summed E-state index contributed by atoms with van der Waals surface area (Å²) in [5.74, 6) is -2.00. The second kappa shape index (κ2) is 8.28. The van der Waals surface area contributed by atoms with Crippen molar-refractivity contribution in [2.24, 2.45) is 11.8 Å². The van der Waals surface area contributed by atoms with E-state index in [2.05, 4.69) is 33.9 Å². The van der Waals surface area contributed by atoms with Gasteiger partial charge in [-0.3, -0.25) is 0 Å². The molecule has 0 fully saturated rings. The topological polar surface area (TPSA) is 72.8 Å². The summed E-state index contributed by atoms with van der Waals surface area (Å²) >= 11 is 0. The van der Waals surface area contributed by atoms with Gasteiger partial charge < -0.3 is 14.3 Å². The lowest BCUT2D eigenvalue weighted by atomic mass is 10.0. The van der Waals surface area contributed by atoms with Crippen molar-refractivity contribution in [2.45, 2.75) is 85.2 Å². The molecule has 0 aromatic carbocycles. The zero-order valence-electron chi connectivity index (χ0n) is 16.1. The molecule has 136 valence electrons. The largest absolute Gasteiger partial charge is 0.478 e. The number of hydrogen-bond donors (Lipinski definition) is 1. The van der Waals surface area contributed by atoms with Crippen LogP contribution in [0.4, 0.5) is 0 Å². The van der Waals surface area contributed by atoms with Gasteiger partial charge in [0.2, 0.25) is 6.10 Å². The summed E-state index contributed by atoms with van der Waals surface area (Å²) in [6.07, 6.45) is -1.24. The number of ether oxygens (including phenoxy) is 1. The first kappa shape index (κ1) is 22.1. The van der Waals surface area contributed by atoms with Crippen LogP contribution in [0.3, 0.4) is 0 Å². The van der Waals surface area contributed by atoms with Gasteiger partial charge in [0.05, 0.1) is 0 Å². The minimum Gasteiger partial charge on any atom is -0.478 e. The fourth-order valence-corrected chi connectivity index (χ4v) is 3.12. The summed E-state index contributed by atoms with van der Waals surface area (Å²) in [5, 5.41) is 9.26. The molecule has 0 heterocycles. The zero-order chi connectivity index (χ0) is 18.6. The van der Waals surface area contributed by atoms with Crippen molar-refractivity contribution < 1.29 is 23.9 Å². The molecule has 0 saturated heterocycles. The third-order valence-corrected chi connectivity index (χ3v) is 9.17. The van der Waals surface area contributed by atoms with Crippen molar-refractivity contribution in [2.75, 3.05) is 0 Å².